The van der Waals surface area contributed by atoms with Gasteiger partial charge in [0.05, 0.1) is 0 Å². The fourth-order valence-corrected chi connectivity index (χ4v) is 1.16. The maximum atomic E-state index is 10.6. The van der Waals surface area contributed by atoms with E-state index >= 15 is 0 Å². The number of rotatable bonds is 5. The summed E-state index contributed by atoms with van der Waals surface area (Å²) in [6.45, 7) is 7.05. The van der Waals surface area contributed by atoms with Crippen molar-refractivity contribution >= 4 is 10.2 Å². The lowest BCUT2D eigenvalue weighted by molar-refractivity contribution is 0.474. The summed E-state index contributed by atoms with van der Waals surface area (Å²) >= 11 is 0. The molecule has 5 heteroatoms. The SMILES string of the molecule is C=CCN(CC=C)S([NH])(=O)=O. The van der Waals surface area contributed by atoms with E-state index in [0.717, 1.165) is 4.31 Å². The van der Waals surface area contributed by atoms with E-state index in [0.29, 0.717) is 0 Å². The molecule has 11 heavy (non-hydrogen) atoms. The van der Waals surface area contributed by atoms with E-state index in [1.807, 2.05) is 0 Å². The van der Waals surface area contributed by atoms with Crippen molar-refractivity contribution in [1.29, 1.82) is 0 Å². The topological polar surface area (TPSA) is 61.2 Å². The highest BCUT2D eigenvalue weighted by molar-refractivity contribution is 7.86. The summed E-state index contributed by atoms with van der Waals surface area (Å²) in [6, 6.07) is 0. The molecule has 0 saturated carbocycles. The van der Waals surface area contributed by atoms with E-state index in [-0.39, 0.29) is 13.1 Å². The first-order valence-corrected chi connectivity index (χ1v) is 4.43. The van der Waals surface area contributed by atoms with Gasteiger partial charge in [0.2, 0.25) is 0 Å². The summed E-state index contributed by atoms with van der Waals surface area (Å²) in [6.07, 6.45) is 2.85. The molecule has 0 aliphatic heterocycles. The Balaban J connectivity index is 4.33. The number of hydrogen-bond acceptors (Lipinski definition) is 2. The van der Waals surface area contributed by atoms with Gasteiger partial charge in [-0.3, -0.25) is 0 Å². The first-order valence-electron chi connectivity index (χ1n) is 2.99. The van der Waals surface area contributed by atoms with Crippen LogP contribution in [-0.4, -0.2) is 25.8 Å². The standard InChI is InChI=1S/C6H11N2O2S/c1-3-5-8(6-4-2)11(7,9)10/h3-4,7H,1-2,5-6H2. The van der Waals surface area contributed by atoms with Crippen molar-refractivity contribution in [2.75, 3.05) is 13.1 Å². The van der Waals surface area contributed by atoms with E-state index in [1.54, 1.807) is 0 Å². The van der Waals surface area contributed by atoms with Gasteiger partial charge in [-0.15, -0.1) is 18.3 Å². The molecule has 0 bridgehead atoms. The third-order valence-electron chi connectivity index (χ3n) is 1.01. The van der Waals surface area contributed by atoms with Crippen molar-refractivity contribution in [1.82, 2.24) is 9.44 Å². The fraction of sp³-hybridized carbons (Fsp3) is 0.333. The molecule has 1 radical (unpaired) electrons. The second kappa shape index (κ2) is 4.27. The molecule has 0 aromatic heterocycles. The molecule has 0 spiro atoms. The lowest BCUT2D eigenvalue weighted by Gasteiger charge is -2.13. The number of nitrogens with one attached hydrogen (secondary N) is 1. The summed E-state index contributed by atoms with van der Waals surface area (Å²) in [4.78, 5) is 0. The molecule has 0 atom stereocenters. The smallest absolute Gasteiger partial charge is 0.194 e. The second-order valence-electron chi connectivity index (χ2n) is 1.90. The third kappa shape index (κ3) is 3.92. The molecule has 0 rings (SSSR count). The molecule has 0 aromatic rings. The molecule has 0 unspecified atom stereocenters. The first kappa shape index (κ1) is 10.3. The molecule has 0 amide bonds. The maximum Gasteiger partial charge on any atom is 0.293 e. The molecule has 63 valence electrons. The zero-order valence-corrected chi connectivity index (χ0v) is 6.97. The Morgan fingerprint density at radius 1 is 1.27 bits per heavy atom. The predicted octanol–water partition coefficient (Wildman–Crippen LogP) is 0.188. The molecular weight excluding hydrogens is 164 g/mol. The molecule has 0 heterocycles. The van der Waals surface area contributed by atoms with Crippen LogP contribution in [0.5, 0.6) is 0 Å². The summed E-state index contributed by atoms with van der Waals surface area (Å²) in [7, 11) is -3.85. The lowest BCUT2D eigenvalue weighted by Crippen LogP contribution is -2.31. The highest BCUT2D eigenvalue weighted by atomic mass is 32.2. The molecular formula is C6H11N2O2S. The monoisotopic (exact) mass is 175 g/mol. The van der Waals surface area contributed by atoms with Crippen molar-refractivity contribution in [2.45, 2.75) is 0 Å². The molecule has 0 aliphatic carbocycles. The first-order chi connectivity index (χ1) is 5.02. The number of hydrogen-bond donors (Lipinski definition) is 0. The van der Waals surface area contributed by atoms with Crippen LogP contribution < -0.4 is 5.14 Å². The third-order valence-corrected chi connectivity index (χ3v) is 1.98. The summed E-state index contributed by atoms with van der Waals surface area (Å²) < 4.78 is 22.2. The highest BCUT2D eigenvalue weighted by Crippen LogP contribution is 1.95. The van der Waals surface area contributed by atoms with E-state index in [4.69, 9.17) is 5.14 Å². The molecule has 0 fully saturated rings. The van der Waals surface area contributed by atoms with Crippen LogP contribution >= 0.6 is 0 Å². The molecule has 1 N–H and O–H groups in total. The Hall–Kier alpha value is -0.650. The van der Waals surface area contributed by atoms with Crippen LogP contribution in [0.15, 0.2) is 25.3 Å². The highest BCUT2D eigenvalue weighted by Gasteiger charge is 2.13. The average molecular weight is 175 g/mol. The summed E-state index contributed by atoms with van der Waals surface area (Å²) in [5.41, 5.74) is 0. The maximum absolute atomic E-state index is 10.6. The largest absolute Gasteiger partial charge is 0.293 e. The van der Waals surface area contributed by atoms with Gasteiger partial charge in [0.1, 0.15) is 0 Å². The van der Waals surface area contributed by atoms with E-state index in [9.17, 15) is 8.42 Å². The normalized spacial score (nSPS) is 11.5. The van der Waals surface area contributed by atoms with Gasteiger partial charge in [0.15, 0.2) is 0 Å². The van der Waals surface area contributed by atoms with Gasteiger partial charge < -0.3 is 0 Å². The van der Waals surface area contributed by atoms with Gasteiger partial charge >= 0.3 is 0 Å². The lowest BCUT2D eigenvalue weighted by atomic mass is 10.5. The van der Waals surface area contributed by atoms with Gasteiger partial charge in [-0.1, -0.05) is 12.2 Å². The van der Waals surface area contributed by atoms with E-state index < -0.39 is 10.2 Å². The molecule has 4 nitrogen and oxygen atoms in total. The average Bonchev–Trinajstić information content (AvgIpc) is 1.85. The molecule has 0 aromatic carbocycles. The second-order valence-corrected chi connectivity index (χ2v) is 3.37. The van der Waals surface area contributed by atoms with Gasteiger partial charge in [0, 0.05) is 13.1 Å². The summed E-state index contributed by atoms with van der Waals surface area (Å²) in [5.74, 6) is 0. The van der Waals surface area contributed by atoms with E-state index in [1.165, 1.54) is 12.2 Å². The quantitative estimate of drug-likeness (QED) is 0.560. The van der Waals surface area contributed by atoms with Gasteiger partial charge in [-0.25, -0.2) is 0 Å². The van der Waals surface area contributed by atoms with Gasteiger partial charge in [-0.2, -0.15) is 12.7 Å². The van der Waals surface area contributed by atoms with Crippen LogP contribution in [0.4, 0.5) is 0 Å². The van der Waals surface area contributed by atoms with E-state index in [2.05, 4.69) is 13.2 Å². The zero-order chi connectivity index (χ0) is 8.91. The fourth-order valence-electron chi connectivity index (χ4n) is 0.559. The minimum absolute atomic E-state index is 0.151. The van der Waals surface area contributed by atoms with Crippen LogP contribution in [-0.2, 0) is 10.2 Å². The molecule has 0 aliphatic rings. The van der Waals surface area contributed by atoms with Crippen molar-refractivity contribution in [2.24, 2.45) is 0 Å². The van der Waals surface area contributed by atoms with Crippen LogP contribution in [0.25, 0.3) is 0 Å². The van der Waals surface area contributed by atoms with Crippen LogP contribution in [0, 0.1) is 0 Å². The molecule has 0 saturated heterocycles. The van der Waals surface area contributed by atoms with Crippen LogP contribution in [0.1, 0.15) is 0 Å². The van der Waals surface area contributed by atoms with Crippen LogP contribution in [0.2, 0.25) is 0 Å². The van der Waals surface area contributed by atoms with Crippen LogP contribution in [0.3, 0.4) is 0 Å². The Labute approximate surface area is 67.2 Å². The van der Waals surface area contributed by atoms with Crippen molar-refractivity contribution in [3.05, 3.63) is 25.3 Å². The van der Waals surface area contributed by atoms with Crippen molar-refractivity contribution < 1.29 is 8.42 Å². The Bertz CT molecular complexity index is 223. The Kier molecular flexibility index (Phi) is 4.02. The van der Waals surface area contributed by atoms with Crippen molar-refractivity contribution in [3.8, 4) is 0 Å². The number of nitrogens with zero attached hydrogens (tertiary/aromatic N) is 1. The van der Waals surface area contributed by atoms with Gasteiger partial charge in [-0.05, 0) is 0 Å². The minimum Gasteiger partial charge on any atom is -0.194 e. The Morgan fingerprint density at radius 3 is 1.82 bits per heavy atom. The van der Waals surface area contributed by atoms with Crippen molar-refractivity contribution in [3.63, 3.8) is 0 Å². The van der Waals surface area contributed by atoms with Gasteiger partial charge in [0.25, 0.3) is 10.2 Å². The zero-order valence-electron chi connectivity index (χ0n) is 6.16. The Morgan fingerprint density at radius 2 is 1.64 bits per heavy atom. The summed E-state index contributed by atoms with van der Waals surface area (Å²) in [5, 5.41) is 6.70. The minimum atomic E-state index is -3.85. The predicted molar refractivity (Wildman–Crippen MR) is 44.0 cm³/mol.